The second-order valence-corrected chi connectivity index (χ2v) is 5.81. The molecule has 7 heteroatoms. The molecule has 0 saturated carbocycles. The molecule has 3 nitrogen and oxygen atoms in total. The molecule has 19 heavy (non-hydrogen) atoms. The molecule has 0 N–H and O–H groups in total. The van der Waals surface area contributed by atoms with Gasteiger partial charge in [-0.15, -0.1) is 0 Å². The lowest BCUT2D eigenvalue weighted by Crippen LogP contribution is -2.50. The van der Waals surface area contributed by atoms with Gasteiger partial charge < -0.3 is 9.64 Å². The smallest absolute Gasteiger partial charge is 0.244 e. The number of benzene rings is 1. The summed E-state index contributed by atoms with van der Waals surface area (Å²) in [6, 6.07) is 3.51. The van der Waals surface area contributed by atoms with Gasteiger partial charge in [-0.25, -0.2) is 13.8 Å². The van der Waals surface area contributed by atoms with Gasteiger partial charge in [0.15, 0.2) is 5.13 Å². The van der Waals surface area contributed by atoms with Gasteiger partial charge in [-0.3, -0.25) is 0 Å². The van der Waals surface area contributed by atoms with Gasteiger partial charge in [-0.05, 0) is 12.1 Å². The van der Waals surface area contributed by atoms with Gasteiger partial charge in [-0.1, -0.05) is 22.9 Å². The zero-order chi connectivity index (χ0) is 13.6. The summed E-state index contributed by atoms with van der Waals surface area (Å²) in [5.74, 6) is 0.0946. The molecule has 1 fully saturated rings. The first-order valence-electron chi connectivity index (χ1n) is 5.76. The molecule has 1 aromatic heterocycles. The van der Waals surface area contributed by atoms with Gasteiger partial charge in [0.1, 0.15) is 11.3 Å². The van der Waals surface area contributed by atoms with Crippen molar-refractivity contribution in [2.24, 2.45) is 5.92 Å². The zero-order valence-corrected chi connectivity index (χ0v) is 11.6. The molecule has 1 saturated heterocycles. The van der Waals surface area contributed by atoms with Crippen LogP contribution in [0.15, 0.2) is 12.1 Å². The van der Waals surface area contributed by atoms with Crippen molar-refractivity contribution in [3.05, 3.63) is 17.2 Å². The molecule has 0 spiro atoms. The third-order valence-corrected chi connectivity index (χ3v) is 4.78. The minimum Gasteiger partial charge on any atom is -0.494 e. The van der Waals surface area contributed by atoms with E-state index >= 15 is 0 Å². The summed E-state index contributed by atoms with van der Waals surface area (Å²) in [6.07, 6.45) is -2.26. The van der Waals surface area contributed by atoms with Crippen molar-refractivity contribution in [3.63, 3.8) is 0 Å². The van der Waals surface area contributed by atoms with E-state index in [2.05, 4.69) is 4.98 Å². The van der Waals surface area contributed by atoms with E-state index in [0.717, 1.165) is 9.83 Å². The zero-order valence-electron chi connectivity index (χ0n) is 10.1. The van der Waals surface area contributed by atoms with Gasteiger partial charge in [0.25, 0.3) is 0 Å². The number of fused-ring (bicyclic) bond motifs is 1. The fourth-order valence-electron chi connectivity index (χ4n) is 2.07. The molecule has 0 aliphatic carbocycles. The van der Waals surface area contributed by atoms with Crippen LogP contribution >= 0.6 is 22.9 Å². The van der Waals surface area contributed by atoms with E-state index in [1.165, 1.54) is 11.3 Å². The second kappa shape index (κ2) is 4.76. The molecular formula is C12H11ClF2N2OS. The first-order chi connectivity index (χ1) is 9.10. The van der Waals surface area contributed by atoms with Crippen LogP contribution in [0.5, 0.6) is 5.75 Å². The Morgan fingerprint density at radius 1 is 1.47 bits per heavy atom. The topological polar surface area (TPSA) is 25.4 Å². The van der Waals surface area contributed by atoms with E-state index in [0.29, 0.717) is 29.4 Å². The SMILES string of the molecule is COc1ccc(Cl)c2sc(N3CC(C(F)F)C3)nc12. The molecule has 0 atom stereocenters. The molecule has 0 unspecified atom stereocenters. The van der Waals surface area contributed by atoms with Crippen LogP contribution in [0, 0.1) is 5.92 Å². The fraction of sp³-hybridized carbons (Fsp3) is 0.417. The lowest BCUT2D eigenvalue weighted by molar-refractivity contribution is 0.0614. The number of thiazole rings is 1. The minimum absolute atomic E-state index is 0.345. The molecular weight excluding hydrogens is 294 g/mol. The van der Waals surface area contributed by atoms with Crippen molar-refractivity contribution >= 4 is 38.3 Å². The lowest BCUT2D eigenvalue weighted by atomic mass is 10.0. The van der Waals surface area contributed by atoms with E-state index in [1.807, 2.05) is 4.90 Å². The van der Waals surface area contributed by atoms with Crippen molar-refractivity contribution in [3.8, 4) is 5.75 Å². The van der Waals surface area contributed by atoms with Gasteiger partial charge in [0.2, 0.25) is 6.43 Å². The molecule has 1 aliphatic heterocycles. The standard InChI is InChI=1S/C12H11ClF2N2OS/c1-18-8-3-2-7(13)10-9(8)16-12(19-10)17-4-6(5-17)11(14)15/h2-3,6,11H,4-5H2,1H3. The summed E-state index contributed by atoms with van der Waals surface area (Å²) in [4.78, 5) is 6.29. The number of anilines is 1. The number of aromatic nitrogens is 1. The Hall–Kier alpha value is -1.14. The van der Waals surface area contributed by atoms with Crippen LogP contribution in [0.25, 0.3) is 10.2 Å². The summed E-state index contributed by atoms with van der Waals surface area (Å²) < 4.78 is 31.0. The number of nitrogens with zero attached hydrogens (tertiary/aromatic N) is 2. The highest BCUT2D eigenvalue weighted by Gasteiger charge is 2.35. The van der Waals surface area contributed by atoms with Gasteiger partial charge in [0.05, 0.1) is 22.8 Å². The summed E-state index contributed by atoms with van der Waals surface area (Å²) in [6.45, 7) is 0.689. The van der Waals surface area contributed by atoms with E-state index in [1.54, 1.807) is 19.2 Å². The largest absolute Gasteiger partial charge is 0.494 e. The lowest BCUT2D eigenvalue weighted by Gasteiger charge is -2.38. The monoisotopic (exact) mass is 304 g/mol. The first kappa shape index (κ1) is 12.9. The molecule has 0 bridgehead atoms. The summed E-state index contributed by atoms with van der Waals surface area (Å²) >= 11 is 7.53. The normalized spacial score (nSPS) is 16.2. The van der Waals surface area contributed by atoms with E-state index in [9.17, 15) is 8.78 Å². The van der Waals surface area contributed by atoms with Crippen molar-refractivity contribution in [1.82, 2.24) is 4.98 Å². The van der Waals surface area contributed by atoms with Gasteiger partial charge >= 0.3 is 0 Å². The van der Waals surface area contributed by atoms with Crippen molar-refractivity contribution in [2.45, 2.75) is 6.43 Å². The van der Waals surface area contributed by atoms with E-state index in [4.69, 9.17) is 16.3 Å². The van der Waals surface area contributed by atoms with Crippen LogP contribution in [0.4, 0.5) is 13.9 Å². The summed E-state index contributed by atoms with van der Waals surface area (Å²) in [5.41, 5.74) is 0.690. The molecule has 1 aliphatic rings. The van der Waals surface area contributed by atoms with Crippen LogP contribution in [0.3, 0.4) is 0 Å². The average molecular weight is 305 g/mol. The fourth-order valence-corrected chi connectivity index (χ4v) is 3.34. The van der Waals surface area contributed by atoms with Crippen LogP contribution in [-0.2, 0) is 0 Å². The highest BCUT2D eigenvalue weighted by molar-refractivity contribution is 7.22. The Morgan fingerprint density at radius 3 is 2.84 bits per heavy atom. The van der Waals surface area contributed by atoms with E-state index < -0.39 is 12.3 Å². The summed E-state index contributed by atoms with van der Waals surface area (Å²) in [7, 11) is 1.57. The predicted molar refractivity (Wildman–Crippen MR) is 72.9 cm³/mol. The Kier molecular flexibility index (Phi) is 3.22. The number of alkyl halides is 2. The first-order valence-corrected chi connectivity index (χ1v) is 6.95. The predicted octanol–water partition coefficient (Wildman–Crippen LogP) is 3.66. The molecule has 2 heterocycles. The molecule has 1 aromatic carbocycles. The number of hydrogen-bond donors (Lipinski definition) is 0. The Morgan fingerprint density at radius 2 is 2.21 bits per heavy atom. The van der Waals surface area contributed by atoms with Crippen molar-refractivity contribution in [1.29, 1.82) is 0 Å². The van der Waals surface area contributed by atoms with Crippen LogP contribution in [0.1, 0.15) is 0 Å². The number of ether oxygens (including phenoxy) is 1. The highest BCUT2D eigenvalue weighted by atomic mass is 35.5. The molecule has 2 aromatic rings. The van der Waals surface area contributed by atoms with Gasteiger partial charge in [-0.2, -0.15) is 0 Å². The Balaban J connectivity index is 1.92. The van der Waals surface area contributed by atoms with Crippen LogP contribution < -0.4 is 9.64 Å². The quantitative estimate of drug-likeness (QED) is 0.865. The second-order valence-electron chi connectivity index (χ2n) is 4.42. The van der Waals surface area contributed by atoms with E-state index in [-0.39, 0.29) is 0 Å². The number of halogens is 3. The number of hydrogen-bond acceptors (Lipinski definition) is 4. The average Bonchev–Trinajstić information content (AvgIpc) is 2.72. The third-order valence-electron chi connectivity index (χ3n) is 3.20. The van der Waals surface area contributed by atoms with Crippen molar-refractivity contribution in [2.75, 3.05) is 25.1 Å². The van der Waals surface area contributed by atoms with Crippen LogP contribution in [0.2, 0.25) is 5.02 Å². The highest BCUT2D eigenvalue weighted by Crippen LogP contribution is 2.40. The third kappa shape index (κ3) is 2.12. The molecule has 0 amide bonds. The molecule has 0 radical (unpaired) electrons. The van der Waals surface area contributed by atoms with Gasteiger partial charge in [0, 0.05) is 13.1 Å². The Bertz CT molecular complexity index is 613. The number of rotatable bonds is 3. The minimum atomic E-state index is -2.26. The summed E-state index contributed by atoms with van der Waals surface area (Å²) in [5, 5.41) is 1.32. The molecule has 102 valence electrons. The maximum absolute atomic E-state index is 12.5. The van der Waals surface area contributed by atoms with Crippen molar-refractivity contribution < 1.29 is 13.5 Å². The Labute approximate surface area is 117 Å². The maximum Gasteiger partial charge on any atom is 0.244 e. The maximum atomic E-state index is 12.5. The van der Waals surface area contributed by atoms with Crippen LogP contribution in [-0.4, -0.2) is 31.6 Å². The number of methoxy groups -OCH3 is 1. The molecule has 3 rings (SSSR count).